The number of nitrogens with zero attached hydrogens (tertiary/aromatic N) is 2. The van der Waals surface area contributed by atoms with Crippen molar-refractivity contribution in [1.82, 2.24) is 0 Å². The molecule has 0 unspecified atom stereocenters. The summed E-state index contributed by atoms with van der Waals surface area (Å²) in [6.45, 7) is 6.77. The topological polar surface area (TPSA) is 25.3 Å². The summed E-state index contributed by atoms with van der Waals surface area (Å²) in [7, 11) is 0. The van der Waals surface area contributed by atoms with Crippen LogP contribution in [0.15, 0.2) is 60.2 Å². The first-order valence-electron chi connectivity index (χ1n) is 24.3. The first kappa shape index (κ1) is 47.5. The van der Waals surface area contributed by atoms with Gasteiger partial charge in [-0.05, 0) is 67.5 Å². The van der Waals surface area contributed by atoms with E-state index in [2.05, 4.69) is 87.2 Å². The molecule has 310 valence electrons. The smallest absolute Gasteiger partial charge is 0.223 e. The summed E-state index contributed by atoms with van der Waals surface area (Å²) >= 11 is 0. The molecule has 1 aliphatic heterocycles. The molecule has 0 amide bonds. The fourth-order valence-corrected chi connectivity index (χ4v) is 8.20. The second kappa shape index (κ2) is 32.1. The number of rotatable bonds is 34. The van der Waals surface area contributed by atoms with Crippen molar-refractivity contribution in [2.75, 3.05) is 0 Å². The first-order valence-corrected chi connectivity index (χ1v) is 24.3. The fourth-order valence-electron chi connectivity index (χ4n) is 8.20. The summed E-state index contributed by atoms with van der Waals surface area (Å²) in [5, 5.41) is 0. The number of aryl methyl sites for hydroxylation is 2. The summed E-state index contributed by atoms with van der Waals surface area (Å²) in [5.74, 6) is 6.94. The molecule has 1 heterocycles. The molecule has 0 spiro atoms. The van der Waals surface area contributed by atoms with E-state index in [1.807, 2.05) is 0 Å². The Labute approximate surface area is 347 Å². The van der Waals surface area contributed by atoms with Gasteiger partial charge >= 0.3 is 0 Å². The number of benzene rings is 2. The van der Waals surface area contributed by atoms with Crippen molar-refractivity contribution in [2.24, 2.45) is 0 Å². The van der Waals surface area contributed by atoms with E-state index in [0.29, 0.717) is 0 Å². The molecule has 0 saturated carbocycles. The third kappa shape index (κ3) is 20.5. The number of hydrogen-bond donors (Lipinski definition) is 0. The normalized spacial score (nSPS) is 12.7. The predicted molar refractivity (Wildman–Crippen MR) is 247 cm³/mol. The van der Waals surface area contributed by atoms with Crippen LogP contribution in [0.1, 0.15) is 242 Å². The molecule has 0 saturated heterocycles. The van der Waals surface area contributed by atoms with Gasteiger partial charge in [0, 0.05) is 23.6 Å². The summed E-state index contributed by atoms with van der Waals surface area (Å²) in [6.07, 6.45) is 46.9. The van der Waals surface area contributed by atoms with Gasteiger partial charge in [0.1, 0.15) is 5.57 Å². The van der Waals surface area contributed by atoms with Crippen LogP contribution in [-0.2, 0) is 12.8 Å². The van der Waals surface area contributed by atoms with Gasteiger partial charge in [-0.3, -0.25) is 0 Å². The maximum absolute atomic E-state index is 11.5. The minimum Gasteiger partial charge on any atom is -0.493 e. The van der Waals surface area contributed by atoms with Gasteiger partial charge in [0.15, 0.2) is 0 Å². The Morgan fingerprint density at radius 3 is 1.12 bits per heavy atom. The number of allylic oxidation sites excluding steroid dienone is 2. The molecular formula is C54H84N2. The molecule has 0 aliphatic carbocycles. The van der Waals surface area contributed by atoms with Gasteiger partial charge in [-0.25, -0.2) is 4.70 Å². The Bertz CT molecular complexity index is 1410. The Hall–Kier alpha value is -2.92. The Kier molecular flexibility index (Phi) is 27.2. The maximum atomic E-state index is 11.5. The van der Waals surface area contributed by atoms with Gasteiger partial charge in [-0.2, -0.15) is 0 Å². The van der Waals surface area contributed by atoms with E-state index in [9.17, 15) is 5.53 Å². The van der Waals surface area contributed by atoms with Crippen molar-refractivity contribution in [3.05, 3.63) is 88.0 Å². The molecule has 56 heavy (non-hydrogen) atoms. The van der Waals surface area contributed by atoms with Crippen molar-refractivity contribution >= 4 is 11.4 Å². The zero-order valence-electron chi connectivity index (χ0n) is 36.9. The molecule has 2 aromatic rings. The highest BCUT2D eigenvalue weighted by atomic mass is 15.2. The average molecular weight is 761 g/mol. The molecule has 2 aromatic carbocycles. The van der Waals surface area contributed by atoms with Crippen LogP contribution in [0.5, 0.6) is 0 Å². The van der Waals surface area contributed by atoms with Crippen LogP contribution in [0.2, 0.25) is 0 Å². The highest BCUT2D eigenvalue weighted by Gasteiger charge is 2.28. The molecule has 0 bridgehead atoms. The Balaban J connectivity index is 1.23. The molecule has 0 aromatic heterocycles. The highest BCUT2D eigenvalue weighted by Crippen LogP contribution is 2.35. The Morgan fingerprint density at radius 2 is 0.750 bits per heavy atom. The summed E-state index contributed by atoms with van der Waals surface area (Å²) in [4.78, 5) is 0. The van der Waals surface area contributed by atoms with Crippen molar-refractivity contribution < 1.29 is 4.70 Å². The average Bonchev–Trinajstić information content (AvgIpc) is 3.55. The molecular weight excluding hydrogens is 677 g/mol. The van der Waals surface area contributed by atoms with Gasteiger partial charge in [-0.1, -0.05) is 230 Å². The molecule has 0 fully saturated rings. The van der Waals surface area contributed by atoms with Crippen LogP contribution >= 0.6 is 0 Å². The van der Waals surface area contributed by atoms with Crippen LogP contribution in [0.4, 0.5) is 0 Å². The van der Waals surface area contributed by atoms with Crippen LogP contribution in [0, 0.1) is 11.8 Å². The van der Waals surface area contributed by atoms with Gasteiger partial charge in [0.2, 0.25) is 11.4 Å². The van der Waals surface area contributed by atoms with Crippen LogP contribution in [0.3, 0.4) is 0 Å². The first-order chi connectivity index (χ1) is 27.7. The quantitative estimate of drug-likeness (QED) is 0.0386. The standard InChI is InChI=1S/C54H84N2/c1-4-7-10-11-12-13-14-15-16-17-18-19-20-21-22-23-24-25-26-27-28-29-30-31-32-33-34-35-38-52-47-53(50-43-39-48(40-44-50)36-8-5-2)56(55)54(52)51-45-41-49(42-46-51)37-9-6-3/h39-47H,4-34,36-37H2,1-3H3. The lowest BCUT2D eigenvalue weighted by molar-refractivity contribution is -0.344. The zero-order valence-corrected chi connectivity index (χ0v) is 36.9. The van der Waals surface area contributed by atoms with E-state index in [-0.39, 0.29) is 0 Å². The second-order valence-electron chi connectivity index (χ2n) is 17.1. The molecule has 0 radical (unpaired) electrons. The van der Waals surface area contributed by atoms with Gasteiger partial charge < -0.3 is 5.53 Å². The lowest BCUT2D eigenvalue weighted by atomic mass is 10.0. The molecule has 2 heteroatoms. The van der Waals surface area contributed by atoms with Crippen molar-refractivity contribution in [1.29, 1.82) is 0 Å². The molecule has 1 aliphatic rings. The van der Waals surface area contributed by atoms with E-state index >= 15 is 0 Å². The predicted octanol–water partition coefficient (Wildman–Crippen LogP) is 17.7. The molecule has 2 nitrogen and oxygen atoms in total. The van der Waals surface area contributed by atoms with E-state index in [1.165, 1.54) is 202 Å². The highest BCUT2D eigenvalue weighted by molar-refractivity contribution is 5.81. The molecule has 3 rings (SSSR count). The Morgan fingerprint density at radius 1 is 0.411 bits per heavy atom. The van der Waals surface area contributed by atoms with Gasteiger partial charge in [0.05, 0.1) is 0 Å². The lowest BCUT2D eigenvalue weighted by Gasteiger charge is -2.10. The van der Waals surface area contributed by atoms with E-state index in [1.54, 1.807) is 0 Å². The monoisotopic (exact) mass is 761 g/mol. The van der Waals surface area contributed by atoms with Crippen molar-refractivity contribution in [3.63, 3.8) is 0 Å². The second-order valence-corrected chi connectivity index (χ2v) is 17.1. The minimum atomic E-state index is 0.801. The van der Waals surface area contributed by atoms with E-state index < -0.39 is 0 Å². The summed E-state index contributed by atoms with van der Waals surface area (Å²) in [6, 6.07) is 17.4. The molecule has 0 N–H and O–H groups in total. The maximum Gasteiger partial charge on any atom is 0.223 e. The fraction of sp³-hybridized carbons (Fsp3) is 0.667. The minimum absolute atomic E-state index is 0.801. The zero-order chi connectivity index (χ0) is 39.7. The van der Waals surface area contributed by atoms with Gasteiger partial charge in [0.25, 0.3) is 0 Å². The molecule has 0 atom stereocenters. The van der Waals surface area contributed by atoms with E-state index in [4.69, 9.17) is 0 Å². The van der Waals surface area contributed by atoms with Crippen LogP contribution < -0.4 is 0 Å². The SMILES string of the molecule is CCCCCCCCCCCCCCCCCCCCCCCCCCCCC#CC1=C(c2ccc(CCCC)cc2)[N+](=[N-])C(c2ccc(CCCC)cc2)=C1. The van der Waals surface area contributed by atoms with E-state index in [0.717, 1.165) is 53.8 Å². The van der Waals surface area contributed by atoms with Crippen molar-refractivity contribution in [3.8, 4) is 11.8 Å². The summed E-state index contributed by atoms with van der Waals surface area (Å²) < 4.78 is 1.37. The third-order valence-electron chi connectivity index (χ3n) is 12.0. The van der Waals surface area contributed by atoms with Crippen LogP contribution in [-0.4, -0.2) is 4.70 Å². The summed E-state index contributed by atoms with van der Waals surface area (Å²) in [5.41, 5.74) is 18.8. The van der Waals surface area contributed by atoms with Gasteiger partial charge in [-0.15, -0.1) is 0 Å². The number of unbranched alkanes of at least 4 members (excludes halogenated alkanes) is 28. The van der Waals surface area contributed by atoms with Crippen molar-refractivity contribution in [2.45, 2.75) is 233 Å². The number of hydrogen-bond acceptors (Lipinski definition) is 0. The lowest BCUT2D eigenvalue weighted by Crippen LogP contribution is -2.02. The largest absolute Gasteiger partial charge is 0.493 e. The van der Waals surface area contributed by atoms with Crippen LogP contribution in [0.25, 0.3) is 16.9 Å². The third-order valence-corrected chi connectivity index (χ3v) is 12.0.